The fourth-order valence-corrected chi connectivity index (χ4v) is 5.01. The molecule has 0 bridgehead atoms. The van der Waals surface area contributed by atoms with Crippen LogP contribution in [0.5, 0.6) is 0 Å². The van der Waals surface area contributed by atoms with E-state index in [0.29, 0.717) is 5.25 Å². The highest BCUT2D eigenvalue weighted by molar-refractivity contribution is 8.02. The van der Waals surface area contributed by atoms with Crippen LogP contribution in [0.3, 0.4) is 0 Å². The molecule has 17 heavy (non-hydrogen) atoms. The quantitative estimate of drug-likeness (QED) is 0.736. The molecule has 3 heterocycles. The van der Waals surface area contributed by atoms with Crippen molar-refractivity contribution in [3.8, 4) is 9.75 Å². The Balaban J connectivity index is 2.00. The number of carbonyl (C=O) groups is 1. The molecule has 0 aromatic carbocycles. The Labute approximate surface area is 112 Å². The van der Waals surface area contributed by atoms with Crippen LogP contribution >= 0.6 is 34.4 Å². The topological polar surface area (TPSA) is 17.1 Å². The predicted molar refractivity (Wildman–Crippen MR) is 77.1 cm³/mol. The van der Waals surface area contributed by atoms with Gasteiger partial charge in [-0.2, -0.15) is 0 Å². The monoisotopic (exact) mass is 278 g/mol. The minimum atomic E-state index is 0.439. The molecule has 0 radical (unpaired) electrons. The van der Waals surface area contributed by atoms with Crippen LogP contribution in [0, 0.1) is 0 Å². The third-order valence-corrected chi connectivity index (χ3v) is 6.25. The van der Waals surface area contributed by atoms with Crippen LogP contribution in [0.1, 0.15) is 26.9 Å². The van der Waals surface area contributed by atoms with Gasteiger partial charge < -0.3 is 0 Å². The molecule has 3 rings (SSSR count). The van der Waals surface area contributed by atoms with E-state index in [1.807, 2.05) is 23.9 Å². The highest BCUT2D eigenvalue weighted by atomic mass is 32.2. The van der Waals surface area contributed by atoms with E-state index < -0.39 is 0 Å². The Bertz CT molecular complexity index is 543. The van der Waals surface area contributed by atoms with Gasteiger partial charge in [-0.1, -0.05) is 12.1 Å². The second-order valence-corrected chi connectivity index (χ2v) is 6.90. The van der Waals surface area contributed by atoms with Crippen molar-refractivity contribution in [2.75, 3.05) is 0 Å². The van der Waals surface area contributed by atoms with Crippen LogP contribution in [0.4, 0.5) is 0 Å². The summed E-state index contributed by atoms with van der Waals surface area (Å²) < 4.78 is 0. The summed E-state index contributed by atoms with van der Waals surface area (Å²) in [4.78, 5) is 14.8. The van der Waals surface area contributed by atoms with Crippen LogP contribution in [0.2, 0.25) is 0 Å². The van der Waals surface area contributed by atoms with Crippen molar-refractivity contribution in [2.24, 2.45) is 0 Å². The summed E-state index contributed by atoms with van der Waals surface area (Å²) in [7, 11) is 0. The number of rotatable bonds is 3. The Morgan fingerprint density at radius 1 is 1.35 bits per heavy atom. The Hall–Kier alpha value is -0.840. The Kier molecular flexibility index (Phi) is 3.18. The molecule has 0 fully saturated rings. The van der Waals surface area contributed by atoms with Crippen LogP contribution in [-0.2, 0) is 0 Å². The van der Waals surface area contributed by atoms with Crippen molar-refractivity contribution in [3.05, 3.63) is 45.5 Å². The van der Waals surface area contributed by atoms with Gasteiger partial charge in [0.05, 0.1) is 0 Å². The van der Waals surface area contributed by atoms with E-state index in [2.05, 4.69) is 22.9 Å². The molecule has 2 aromatic heterocycles. The van der Waals surface area contributed by atoms with Crippen molar-refractivity contribution in [2.45, 2.75) is 11.7 Å². The second-order valence-electron chi connectivity index (χ2n) is 3.76. The standard InChI is InChI=1S/C13H10OS3/c14-8-9-7-12(10-3-1-5-15-10)17-13(9)11-4-2-6-16-11/h1-3,5-8,11H,4H2. The first-order valence-electron chi connectivity index (χ1n) is 5.32. The summed E-state index contributed by atoms with van der Waals surface area (Å²) in [5, 5.41) is 4.64. The Morgan fingerprint density at radius 3 is 2.94 bits per heavy atom. The molecule has 86 valence electrons. The summed E-state index contributed by atoms with van der Waals surface area (Å²) in [5.74, 6) is 0. The number of thioether (sulfide) groups is 1. The minimum Gasteiger partial charge on any atom is -0.298 e. The molecule has 2 aromatic rings. The molecule has 1 atom stereocenters. The van der Waals surface area contributed by atoms with E-state index in [1.54, 1.807) is 22.7 Å². The van der Waals surface area contributed by atoms with Crippen LogP contribution in [0.25, 0.3) is 9.75 Å². The summed E-state index contributed by atoms with van der Waals surface area (Å²) in [5.41, 5.74) is 0.861. The molecule has 1 unspecified atom stereocenters. The lowest BCUT2D eigenvalue weighted by atomic mass is 10.2. The van der Waals surface area contributed by atoms with Gasteiger partial charge in [-0.3, -0.25) is 4.79 Å². The molecule has 1 aliphatic heterocycles. The molecule has 0 N–H and O–H groups in total. The maximum Gasteiger partial charge on any atom is 0.151 e. The van der Waals surface area contributed by atoms with Crippen LogP contribution in [-0.4, -0.2) is 6.29 Å². The SMILES string of the molecule is O=Cc1cc(-c2cccs2)sc1C1CC=CS1. The van der Waals surface area contributed by atoms with Gasteiger partial charge in [0.2, 0.25) is 0 Å². The summed E-state index contributed by atoms with van der Waals surface area (Å²) in [6, 6.07) is 6.18. The number of aldehydes is 1. The number of allylic oxidation sites excluding steroid dienone is 1. The third kappa shape index (κ3) is 2.12. The number of hydrogen-bond donors (Lipinski definition) is 0. The average Bonchev–Trinajstić information content (AvgIpc) is 3.09. The van der Waals surface area contributed by atoms with E-state index in [1.165, 1.54) is 14.6 Å². The minimum absolute atomic E-state index is 0.439. The van der Waals surface area contributed by atoms with Crippen molar-refractivity contribution in [3.63, 3.8) is 0 Å². The van der Waals surface area contributed by atoms with Crippen LogP contribution < -0.4 is 0 Å². The highest BCUT2D eigenvalue weighted by Gasteiger charge is 2.20. The summed E-state index contributed by atoms with van der Waals surface area (Å²) >= 11 is 5.29. The lowest BCUT2D eigenvalue weighted by Gasteiger charge is -2.05. The van der Waals surface area contributed by atoms with E-state index in [0.717, 1.165) is 18.3 Å². The third-order valence-electron chi connectivity index (χ3n) is 2.66. The predicted octanol–water partition coefficient (Wildman–Crippen LogP) is 4.98. The highest BCUT2D eigenvalue weighted by Crippen LogP contribution is 2.45. The largest absolute Gasteiger partial charge is 0.298 e. The second kappa shape index (κ2) is 4.80. The first-order chi connectivity index (χ1) is 8.38. The first kappa shape index (κ1) is 11.3. The Morgan fingerprint density at radius 2 is 2.29 bits per heavy atom. The summed E-state index contributed by atoms with van der Waals surface area (Å²) in [6.45, 7) is 0. The molecule has 1 aliphatic rings. The molecule has 0 saturated heterocycles. The normalized spacial score (nSPS) is 18.7. The number of hydrogen-bond acceptors (Lipinski definition) is 4. The molecule has 1 nitrogen and oxygen atoms in total. The first-order valence-corrected chi connectivity index (χ1v) is 7.95. The zero-order valence-corrected chi connectivity index (χ0v) is 11.4. The van der Waals surface area contributed by atoms with Gasteiger partial charge in [0.15, 0.2) is 6.29 Å². The van der Waals surface area contributed by atoms with Crippen LogP contribution in [0.15, 0.2) is 35.1 Å². The molecular formula is C13H10OS3. The zero-order chi connectivity index (χ0) is 11.7. The van der Waals surface area contributed by atoms with Gasteiger partial charge in [-0.25, -0.2) is 0 Å². The van der Waals surface area contributed by atoms with Crippen molar-refractivity contribution >= 4 is 40.7 Å². The van der Waals surface area contributed by atoms with Crippen molar-refractivity contribution < 1.29 is 4.79 Å². The van der Waals surface area contributed by atoms with Gasteiger partial charge in [0.25, 0.3) is 0 Å². The summed E-state index contributed by atoms with van der Waals surface area (Å²) in [6.07, 6.45) is 4.20. The number of thiophene rings is 2. The van der Waals surface area contributed by atoms with E-state index in [9.17, 15) is 4.79 Å². The van der Waals surface area contributed by atoms with Gasteiger partial charge in [-0.15, -0.1) is 34.4 Å². The lowest BCUT2D eigenvalue weighted by molar-refractivity contribution is 0.112. The van der Waals surface area contributed by atoms with Gasteiger partial charge in [-0.05, 0) is 29.3 Å². The zero-order valence-electron chi connectivity index (χ0n) is 8.96. The van der Waals surface area contributed by atoms with E-state index in [4.69, 9.17) is 0 Å². The molecule has 0 spiro atoms. The fourth-order valence-electron chi connectivity index (χ4n) is 1.86. The molecule has 0 amide bonds. The molecule has 4 heteroatoms. The van der Waals surface area contributed by atoms with E-state index in [-0.39, 0.29) is 0 Å². The number of carbonyl (C=O) groups excluding carboxylic acids is 1. The fraction of sp³-hybridized carbons (Fsp3) is 0.154. The van der Waals surface area contributed by atoms with E-state index >= 15 is 0 Å². The van der Waals surface area contributed by atoms with Crippen molar-refractivity contribution in [1.29, 1.82) is 0 Å². The molecule has 0 saturated carbocycles. The van der Waals surface area contributed by atoms with Gasteiger partial charge >= 0.3 is 0 Å². The molecular weight excluding hydrogens is 268 g/mol. The average molecular weight is 278 g/mol. The van der Waals surface area contributed by atoms with Gasteiger partial charge in [0.1, 0.15) is 0 Å². The lowest BCUT2D eigenvalue weighted by Crippen LogP contribution is -1.89. The maximum absolute atomic E-state index is 11.1. The van der Waals surface area contributed by atoms with Gasteiger partial charge in [0, 0.05) is 25.4 Å². The maximum atomic E-state index is 11.1. The smallest absolute Gasteiger partial charge is 0.151 e. The van der Waals surface area contributed by atoms with Crippen molar-refractivity contribution in [1.82, 2.24) is 0 Å². The molecule has 0 aliphatic carbocycles.